The number of nitrogens with one attached hydrogen (secondary N) is 1. The molecule has 0 aromatic carbocycles. The normalized spacial score (nSPS) is 39.6. The van der Waals surface area contributed by atoms with E-state index in [0.717, 1.165) is 30.5 Å². The average molecular weight is 264 g/mol. The van der Waals surface area contributed by atoms with Crippen LogP contribution in [0, 0.1) is 11.8 Å². The third kappa shape index (κ3) is 3.16. The minimum atomic E-state index is 0.828. The molecule has 0 spiro atoms. The van der Waals surface area contributed by atoms with Crippen molar-refractivity contribution in [1.82, 2.24) is 10.2 Å². The number of hydrogen-bond donors (Lipinski definition) is 1. The summed E-state index contributed by atoms with van der Waals surface area (Å²) in [5.41, 5.74) is 0. The van der Waals surface area contributed by atoms with E-state index in [2.05, 4.69) is 17.1 Å². The maximum atomic E-state index is 3.71. The summed E-state index contributed by atoms with van der Waals surface area (Å²) in [5.74, 6) is 2.02. The fourth-order valence-electron chi connectivity index (χ4n) is 5.08. The van der Waals surface area contributed by atoms with Gasteiger partial charge in [0.15, 0.2) is 0 Å². The summed E-state index contributed by atoms with van der Waals surface area (Å²) in [6.45, 7) is 6.17. The van der Waals surface area contributed by atoms with E-state index >= 15 is 0 Å². The van der Waals surface area contributed by atoms with Gasteiger partial charge in [0.2, 0.25) is 0 Å². The molecule has 2 aliphatic carbocycles. The monoisotopic (exact) mass is 264 g/mol. The van der Waals surface area contributed by atoms with Crippen LogP contribution < -0.4 is 5.32 Å². The van der Waals surface area contributed by atoms with Crippen molar-refractivity contribution in [3.63, 3.8) is 0 Å². The predicted octanol–water partition coefficient (Wildman–Crippen LogP) is 3.42. The Morgan fingerprint density at radius 3 is 2.74 bits per heavy atom. The third-order valence-corrected chi connectivity index (χ3v) is 6.02. The summed E-state index contributed by atoms with van der Waals surface area (Å²) in [5, 5.41) is 3.71. The first kappa shape index (κ1) is 13.9. The Balaban J connectivity index is 1.48. The number of likely N-dealkylation sites (tertiary alicyclic amines) is 1. The van der Waals surface area contributed by atoms with E-state index < -0.39 is 0 Å². The zero-order valence-corrected chi connectivity index (χ0v) is 12.7. The molecule has 4 unspecified atom stereocenters. The van der Waals surface area contributed by atoms with Crippen LogP contribution in [0.3, 0.4) is 0 Å². The molecular formula is C17H32N2. The smallest absolute Gasteiger partial charge is 0.0123 e. The van der Waals surface area contributed by atoms with Gasteiger partial charge in [0.05, 0.1) is 0 Å². The SMILES string of the molecule is CCNC1CCCC1CCN1CCCC2CCCC21. The fraction of sp³-hybridized carbons (Fsp3) is 1.00. The van der Waals surface area contributed by atoms with Crippen molar-refractivity contribution in [1.29, 1.82) is 0 Å². The van der Waals surface area contributed by atoms with Crippen molar-refractivity contribution >= 4 is 0 Å². The molecule has 3 fully saturated rings. The minimum Gasteiger partial charge on any atom is -0.314 e. The van der Waals surface area contributed by atoms with Crippen molar-refractivity contribution in [3.8, 4) is 0 Å². The molecule has 3 aliphatic rings. The van der Waals surface area contributed by atoms with Gasteiger partial charge < -0.3 is 10.2 Å². The Morgan fingerprint density at radius 2 is 1.84 bits per heavy atom. The quantitative estimate of drug-likeness (QED) is 0.818. The van der Waals surface area contributed by atoms with Crippen molar-refractivity contribution in [2.75, 3.05) is 19.6 Å². The van der Waals surface area contributed by atoms with Gasteiger partial charge >= 0.3 is 0 Å². The highest BCUT2D eigenvalue weighted by Crippen LogP contribution is 2.37. The number of piperidine rings is 1. The lowest BCUT2D eigenvalue weighted by Crippen LogP contribution is -2.44. The highest BCUT2D eigenvalue weighted by atomic mass is 15.2. The Bertz CT molecular complexity index is 278. The molecule has 110 valence electrons. The van der Waals surface area contributed by atoms with Crippen molar-refractivity contribution in [2.45, 2.75) is 76.8 Å². The number of hydrogen-bond acceptors (Lipinski definition) is 2. The van der Waals surface area contributed by atoms with Gasteiger partial charge in [-0.05, 0) is 76.4 Å². The van der Waals surface area contributed by atoms with Gasteiger partial charge in [0, 0.05) is 12.1 Å². The van der Waals surface area contributed by atoms with E-state index in [1.807, 2.05) is 0 Å². The Hall–Kier alpha value is -0.0800. The maximum Gasteiger partial charge on any atom is 0.0123 e. The van der Waals surface area contributed by atoms with Crippen molar-refractivity contribution in [2.24, 2.45) is 11.8 Å². The van der Waals surface area contributed by atoms with Crippen LogP contribution in [-0.4, -0.2) is 36.6 Å². The van der Waals surface area contributed by atoms with E-state index in [-0.39, 0.29) is 0 Å². The molecular weight excluding hydrogens is 232 g/mol. The number of nitrogens with zero attached hydrogens (tertiary/aromatic N) is 1. The van der Waals surface area contributed by atoms with Crippen LogP contribution >= 0.6 is 0 Å². The van der Waals surface area contributed by atoms with E-state index in [9.17, 15) is 0 Å². The number of rotatable bonds is 5. The Labute approximate surface area is 119 Å². The van der Waals surface area contributed by atoms with Crippen molar-refractivity contribution in [3.05, 3.63) is 0 Å². The Kier molecular flexibility index (Phi) is 4.81. The molecule has 2 nitrogen and oxygen atoms in total. The highest BCUT2D eigenvalue weighted by Gasteiger charge is 2.35. The molecule has 1 N–H and O–H groups in total. The largest absolute Gasteiger partial charge is 0.314 e. The standard InChI is InChI=1S/C17H32N2/c1-2-18-16-9-3-6-14(16)11-13-19-12-5-8-15-7-4-10-17(15)19/h14-18H,2-13H2,1H3. The molecule has 1 heterocycles. The van der Waals surface area contributed by atoms with Crippen LogP contribution in [0.25, 0.3) is 0 Å². The van der Waals surface area contributed by atoms with Crippen molar-refractivity contribution < 1.29 is 0 Å². The Morgan fingerprint density at radius 1 is 1.00 bits per heavy atom. The lowest BCUT2D eigenvalue weighted by molar-refractivity contribution is 0.104. The summed E-state index contributed by atoms with van der Waals surface area (Å²) >= 11 is 0. The predicted molar refractivity (Wildman–Crippen MR) is 81.4 cm³/mol. The summed E-state index contributed by atoms with van der Waals surface area (Å²) in [7, 11) is 0. The summed E-state index contributed by atoms with van der Waals surface area (Å²) in [4.78, 5) is 2.86. The van der Waals surface area contributed by atoms with Crippen LogP contribution in [-0.2, 0) is 0 Å². The minimum absolute atomic E-state index is 0.828. The molecule has 3 rings (SSSR count). The molecule has 0 radical (unpaired) electrons. The molecule has 0 bridgehead atoms. The van der Waals surface area contributed by atoms with Gasteiger partial charge in [0.25, 0.3) is 0 Å². The second-order valence-electron chi connectivity index (χ2n) is 7.08. The molecule has 0 aromatic heterocycles. The molecule has 1 aliphatic heterocycles. The average Bonchev–Trinajstić information content (AvgIpc) is 3.05. The van der Waals surface area contributed by atoms with E-state index in [1.165, 1.54) is 70.9 Å². The molecule has 19 heavy (non-hydrogen) atoms. The molecule has 4 atom stereocenters. The zero-order chi connectivity index (χ0) is 13.1. The van der Waals surface area contributed by atoms with Gasteiger partial charge in [-0.25, -0.2) is 0 Å². The fourth-order valence-corrected chi connectivity index (χ4v) is 5.08. The molecule has 2 saturated carbocycles. The first-order chi connectivity index (χ1) is 9.38. The van der Waals surface area contributed by atoms with E-state index in [0.29, 0.717) is 0 Å². The first-order valence-electron chi connectivity index (χ1n) is 8.86. The summed E-state index contributed by atoms with van der Waals surface area (Å²) in [6.07, 6.45) is 13.3. The van der Waals surface area contributed by atoms with E-state index in [4.69, 9.17) is 0 Å². The lowest BCUT2D eigenvalue weighted by Gasteiger charge is -2.38. The van der Waals surface area contributed by atoms with Gasteiger partial charge in [-0.15, -0.1) is 0 Å². The second kappa shape index (κ2) is 6.58. The van der Waals surface area contributed by atoms with Crippen LogP contribution in [0.4, 0.5) is 0 Å². The summed E-state index contributed by atoms with van der Waals surface area (Å²) in [6, 6.07) is 1.79. The van der Waals surface area contributed by atoms with Crippen LogP contribution in [0.1, 0.15) is 64.7 Å². The summed E-state index contributed by atoms with van der Waals surface area (Å²) < 4.78 is 0. The zero-order valence-electron chi connectivity index (χ0n) is 12.7. The second-order valence-corrected chi connectivity index (χ2v) is 7.08. The molecule has 0 aromatic rings. The van der Waals surface area contributed by atoms with Gasteiger partial charge in [0.1, 0.15) is 0 Å². The van der Waals surface area contributed by atoms with Crippen LogP contribution in [0.15, 0.2) is 0 Å². The molecule has 1 saturated heterocycles. The molecule has 2 heteroatoms. The van der Waals surface area contributed by atoms with Crippen LogP contribution in [0.2, 0.25) is 0 Å². The van der Waals surface area contributed by atoms with Gasteiger partial charge in [-0.2, -0.15) is 0 Å². The topological polar surface area (TPSA) is 15.3 Å². The van der Waals surface area contributed by atoms with Gasteiger partial charge in [-0.3, -0.25) is 0 Å². The maximum absolute atomic E-state index is 3.71. The van der Waals surface area contributed by atoms with Crippen LogP contribution in [0.5, 0.6) is 0 Å². The lowest BCUT2D eigenvalue weighted by atomic mass is 9.91. The number of fused-ring (bicyclic) bond motifs is 1. The third-order valence-electron chi connectivity index (χ3n) is 6.02. The highest BCUT2D eigenvalue weighted by molar-refractivity contribution is 4.90. The first-order valence-corrected chi connectivity index (χ1v) is 8.86. The van der Waals surface area contributed by atoms with Gasteiger partial charge in [-0.1, -0.05) is 19.8 Å². The molecule has 0 amide bonds. The van der Waals surface area contributed by atoms with E-state index in [1.54, 1.807) is 0 Å².